The SMILES string of the molecule is OCCC1CCCCN1Cc1cc(F)ccc1F. The largest absolute Gasteiger partial charge is 0.396 e. The number of benzene rings is 1. The van der Waals surface area contributed by atoms with Gasteiger partial charge in [-0.15, -0.1) is 0 Å². The Morgan fingerprint density at radius 3 is 2.89 bits per heavy atom. The molecule has 0 amide bonds. The molecule has 1 unspecified atom stereocenters. The molecule has 0 saturated carbocycles. The van der Waals surface area contributed by atoms with E-state index in [0.717, 1.165) is 31.9 Å². The fraction of sp³-hybridized carbons (Fsp3) is 0.571. The molecule has 0 aromatic heterocycles. The number of piperidine rings is 1. The smallest absolute Gasteiger partial charge is 0.127 e. The minimum atomic E-state index is -0.401. The van der Waals surface area contributed by atoms with Crippen molar-refractivity contribution in [3.05, 3.63) is 35.4 Å². The van der Waals surface area contributed by atoms with Gasteiger partial charge in [-0.3, -0.25) is 4.90 Å². The summed E-state index contributed by atoms with van der Waals surface area (Å²) in [5.41, 5.74) is 0.403. The van der Waals surface area contributed by atoms with Crippen molar-refractivity contribution in [2.75, 3.05) is 13.2 Å². The second-order valence-electron chi connectivity index (χ2n) is 4.87. The standard InChI is InChI=1S/C14H19F2NO/c15-12-4-5-14(16)11(9-12)10-17-7-2-1-3-13(17)6-8-18/h4-5,9,13,18H,1-3,6-8,10H2. The number of halogens is 2. The molecule has 1 aliphatic rings. The van der Waals surface area contributed by atoms with Crippen LogP contribution in [0.3, 0.4) is 0 Å². The maximum atomic E-state index is 13.6. The zero-order valence-electron chi connectivity index (χ0n) is 10.4. The van der Waals surface area contributed by atoms with Gasteiger partial charge in [-0.05, 0) is 44.0 Å². The number of aliphatic hydroxyl groups is 1. The van der Waals surface area contributed by atoms with Crippen molar-refractivity contribution in [2.24, 2.45) is 0 Å². The zero-order chi connectivity index (χ0) is 13.0. The average Bonchev–Trinajstić information content (AvgIpc) is 2.36. The number of likely N-dealkylation sites (tertiary alicyclic amines) is 1. The van der Waals surface area contributed by atoms with Crippen LogP contribution in [0.25, 0.3) is 0 Å². The lowest BCUT2D eigenvalue weighted by molar-refractivity contribution is 0.111. The van der Waals surface area contributed by atoms with Gasteiger partial charge in [-0.2, -0.15) is 0 Å². The molecule has 0 radical (unpaired) electrons. The van der Waals surface area contributed by atoms with Crippen LogP contribution >= 0.6 is 0 Å². The van der Waals surface area contributed by atoms with E-state index in [-0.39, 0.29) is 18.5 Å². The summed E-state index contributed by atoms with van der Waals surface area (Å²) in [6.07, 6.45) is 3.96. The Hall–Kier alpha value is -1.00. The van der Waals surface area contributed by atoms with Gasteiger partial charge in [0.15, 0.2) is 0 Å². The minimum absolute atomic E-state index is 0.146. The molecule has 0 bridgehead atoms. The van der Waals surface area contributed by atoms with E-state index in [1.807, 2.05) is 0 Å². The van der Waals surface area contributed by atoms with E-state index < -0.39 is 5.82 Å². The number of nitrogens with zero attached hydrogens (tertiary/aromatic N) is 1. The summed E-state index contributed by atoms with van der Waals surface area (Å²) < 4.78 is 26.7. The second kappa shape index (κ2) is 6.25. The van der Waals surface area contributed by atoms with Gasteiger partial charge in [0, 0.05) is 24.8 Å². The molecule has 0 aliphatic carbocycles. The third-order valence-corrected chi connectivity index (χ3v) is 3.59. The molecule has 1 fully saturated rings. The van der Waals surface area contributed by atoms with Crippen molar-refractivity contribution in [2.45, 2.75) is 38.3 Å². The number of rotatable bonds is 4. The maximum absolute atomic E-state index is 13.6. The zero-order valence-corrected chi connectivity index (χ0v) is 10.4. The Balaban J connectivity index is 2.08. The predicted octanol–water partition coefficient (Wildman–Crippen LogP) is 2.70. The van der Waals surface area contributed by atoms with Gasteiger partial charge >= 0.3 is 0 Å². The van der Waals surface area contributed by atoms with E-state index in [4.69, 9.17) is 5.11 Å². The predicted molar refractivity (Wildman–Crippen MR) is 66.1 cm³/mol. The van der Waals surface area contributed by atoms with E-state index in [0.29, 0.717) is 18.5 Å². The van der Waals surface area contributed by atoms with Gasteiger partial charge in [-0.25, -0.2) is 8.78 Å². The highest BCUT2D eigenvalue weighted by molar-refractivity contribution is 5.18. The lowest BCUT2D eigenvalue weighted by Crippen LogP contribution is -2.39. The Morgan fingerprint density at radius 1 is 1.28 bits per heavy atom. The first-order valence-corrected chi connectivity index (χ1v) is 6.49. The van der Waals surface area contributed by atoms with Crippen LogP contribution in [0.15, 0.2) is 18.2 Å². The first kappa shape index (κ1) is 13.4. The van der Waals surface area contributed by atoms with Crippen LogP contribution in [-0.2, 0) is 6.54 Å². The van der Waals surface area contributed by atoms with Gasteiger partial charge in [0.1, 0.15) is 11.6 Å². The van der Waals surface area contributed by atoms with Crippen LogP contribution in [0.2, 0.25) is 0 Å². The first-order valence-electron chi connectivity index (χ1n) is 6.49. The summed E-state index contributed by atoms with van der Waals surface area (Å²) in [4.78, 5) is 2.15. The Bertz CT molecular complexity index is 395. The lowest BCUT2D eigenvalue weighted by Gasteiger charge is -2.35. The third-order valence-electron chi connectivity index (χ3n) is 3.59. The van der Waals surface area contributed by atoms with Crippen molar-refractivity contribution in [3.63, 3.8) is 0 Å². The Kier molecular flexibility index (Phi) is 4.66. The fourth-order valence-corrected chi connectivity index (χ4v) is 2.63. The molecule has 1 saturated heterocycles. The second-order valence-corrected chi connectivity index (χ2v) is 4.87. The molecule has 1 aromatic rings. The summed E-state index contributed by atoms with van der Waals surface area (Å²) in [5, 5.41) is 9.04. The summed E-state index contributed by atoms with van der Waals surface area (Å²) in [5.74, 6) is -0.758. The van der Waals surface area contributed by atoms with Crippen LogP contribution in [0.5, 0.6) is 0 Å². The molecule has 1 N–H and O–H groups in total. The summed E-state index contributed by atoms with van der Waals surface area (Å²) in [6.45, 7) is 1.46. The monoisotopic (exact) mass is 255 g/mol. The quantitative estimate of drug-likeness (QED) is 0.894. The average molecular weight is 255 g/mol. The van der Waals surface area contributed by atoms with Crippen molar-refractivity contribution in [1.29, 1.82) is 0 Å². The van der Waals surface area contributed by atoms with Gasteiger partial charge in [0.05, 0.1) is 0 Å². The number of hydrogen-bond acceptors (Lipinski definition) is 2. The van der Waals surface area contributed by atoms with Gasteiger partial charge in [0.2, 0.25) is 0 Å². The normalized spacial score (nSPS) is 21.2. The van der Waals surface area contributed by atoms with Crippen LogP contribution in [-0.4, -0.2) is 29.2 Å². The molecular weight excluding hydrogens is 236 g/mol. The molecule has 1 heterocycles. The summed E-state index contributed by atoms with van der Waals surface area (Å²) in [6, 6.07) is 3.86. The van der Waals surface area contributed by atoms with E-state index in [2.05, 4.69) is 4.90 Å². The van der Waals surface area contributed by atoms with Gasteiger partial charge in [-0.1, -0.05) is 6.42 Å². The Labute approximate surface area is 106 Å². The highest BCUT2D eigenvalue weighted by Gasteiger charge is 2.22. The van der Waals surface area contributed by atoms with E-state index in [1.165, 1.54) is 12.1 Å². The van der Waals surface area contributed by atoms with Crippen LogP contribution in [0.4, 0.5) is 8.78 Å². The minimum Gasteiger partial charge on any atom is -0.396 e. The van der Waals surface area contributed by atoms with E-state index in [1.54, 1.807) is 0 Å². The molecule has 100 valence electrons. The number of hydrogen-bond donors (Lipinski definition) is 1. The third kappa shape index (κ3) is 3.27. The first-order chi connectivity index (χ1) is 8.70. The topological polar surface area (TPSA) is 23.5 Å². The molecule has 1 atom stereocenters. The summed E-state index contributed by atoms with van der Waals surface area (Å²) in [7, 11) is 0. The van der Waals surface area contributed by atoms with Gasteiger partial charge in [0.25, 0.3) is 0 Å². The Morgan fingerprint density at radius 2 is 2.11 bits per heavy atom. The molecule has 0 spiro atoms. The van der Waals surface area contributed by atoms with Crippen LogP contribution < -0.4 is 0 Å². The highest BCUT2D eigenvalue weighted by atomic mass is 19.1. The molecule has 4 heteroatoms. The van der Waals surface area contributed by atoms with Crippen molar-refractivity contribution in [3.8, 4) is 0 Å². The van der Waals surface area contributed by atoms with E-state index in [9.17, 15) is 8.78 Å². The molecule has 18 heavy (non-hydrogen) atoms. The molecule has 1 aromatic carbocycles. The maximum Gasteiger partial charge on any atom is 0.127 e. The van der Waals surface area contributed by atoms with Crippen LogP contribution in [0.1, 0.15) is 31.2 Å². The summed E-state index contributed by atoms with van der Waals surface area (Å²) >= 11 is 0. The van der Waals surface area contributed by atoms with Crippen molar-refractivity contribution < 1.29 is 13.9 Å². The number of aliphatic hydroxyl groups excluding tert-OH is 1. The molecule has 2 nitrogen and oxygen atoms in total. The molecular formula is C14H19F2NO. The van der Waals surface area contributed by atoms with Crippen molar-refractivity contribution in [1.82, 2.24) is 4.90 Å². The van der Waals surface area contributed by atoms with Crippen molar-refractivity contribution >= 4 is 0 Å². The van der Waals surface area contributed by atoms with E-state index >= 15 is 0 Å². The van der Waals surface area contributed by atoms with Crippen LogP contribution in [0, 0.1) is 11.6 Å². The molecule has 1 aliphatic heterocycles. The van der Waals surface area contributed by atoms with Gasteiger partial charge < -0.3 is 5.11 Å². The molecule has 2 rings (SSSR count). The lowest BCUT2D eigenvalue weighted by atomic mass is 9.98. The highest BCUT2D eigenvalue weighted by Crippen LogP contribution is 2.23. The fourth-order valence-electron chi connectivity index (χ4n) is 2.63.